The van der Waals surface area contributed by atoms with E-state index in [0.29, 0.717) is 0 Å². The molecule has 3 atom stereocenters. The second-order valence-corrected chi connectivity index (χ2v) is 2.74. The quantitative estimate of drug-likeness (QED) is 0.295. The maximum Gasteiger partial charge on any atom is 0.372 e. The van der Waals surface area contributed by atoms with Crippen LogP contribution in [0.5, 0.6) is 0 Å². The molecule has 0 aromatic carbocycles. The van der Waals surface area contributed by atoms with E-state index in [4.69, 9.17) is 25.5 Å². The molecule has 0 bridgehead atoms. The number of carboxylic acid groups (broad SMARTS) is 1. The Labute approximate surface area is 79.2 Å². The third-order valence-corrected chi connectivity index (χ3v) is 1.61. The van der Waals surface area contributed by atoms with Gasteiger partial charge < -0.3 is 25.5 Å². The van der Waals surface area contributed by atoms with Crippen LogP contribution in [0.15, 0.2) is 0 Å². The largest absolute Gasteiger partial charge is 0.475 e. The summed E-state index contributed by atoms with van der Waals surface area (Å²) in [4.78, 5) is 20.6. The lowest BCUT2D eigenvalue weighted by atomic mass is 10.0. The Bertz CT molecular complexity index is 214. The zero-order valence-electron chi connectivity index (χ0n) is 7.20. The van der Waals surface area contributed by atoms with Crippen molar-refractivity contribution in [1.82, 2.24) is 0 Å². The lowest BCUT2D eigenvalue weighted by Gasteiger charge is -2.20. The highest BCUT2D eigenvalue weighted by Gasteiger charge is 2.27. The van der Waals surface area contributed by atoms with Crippen molar-refractivity contribution in [2.24, 2.45) is 0 Å². The maximum atomic E-state index is 10.6. The molecule has 0 aliphatic heterocycles. The third kappa shape index (κ3) is 3.79. The molecule has 14 heavy (non-hydrogen) atoms. The van der Waals surface area contributed by atoms with Gasteiger partial charge >= 0.3 is 5.97 Å². The molecule has 0 saturated heterocycles. The molecule has 82 valence electrons. The van der Waals surface area contributed by atoms with Crippen LogP contribution in [0.25, 0.3) is 0 Å². The summed E-state index contributed by atoms with van der Waals surface area (Å²) in [5, 5.41) is 43.4. The highest BCUT2D eigenvalue weighted by Crippen LogP contribution is 2.04. The van der Waals surface area contributed by atoms with Crippen molar-refractivity contribution in [1.29, 1.82) is 0 Å². The molecule has 0 radical (unpaired) electrons. The van der Waals surface area contributed by atoms with Crippen LogP contribution in [0, 0.1) is 0 Å². The van der Waals surface area contributed by atoms with Gasteiger partial charge in [0, 0.05) is 6.42 Å². The van der Waals surface area contributed by atoms with E-state index in [9.17, 15) is 9.59 Å². The summed E-state index contributed by atoms with van der Waals surface area (Å²) < 4.78 is 0. The highest BCUT2D eigenvalue weighted by atomic mass is 16.4. The Balaban J connectivity index is 4.13. The fraction of sp³-hybridized carbons (Fsp3) is 0.714. The van der Waals surface area contributed by atoms with Crippen molar-refractivity contribution in [2.45, 2.75) is 24.7 Å². The smallest absolute Gasteiger partial charge is 0.372 e. The zero-order valence-corrected chi connectivity index (χ0v) is 7.20. The van der Waals surface area contributed by atoms with Crippen molar-refractivity contribution in [3.8, 4) is 0 Å². The number of ketones is 1. The molecule has 0 fully saturated rings. The van der Waals surface area contributed by atoms with E-state index in [1.165, 1.54) is 0 Å². The molecule has 0 amide bonds. The van der Waals surface area contributed by atoms with Gasteiger partial charge in [-0.15, -0.1) is 0 Å². The lowest BCUT2D eigenvalue weighted by molar-refractivity contribution is -0.151. The first-order valence-electron chi connectivity index (χ1n) is 3.81. The first-order chi connectivity index (χ1) is 6.40. The Kier molecular flexibility index (Phi) is 5.24. The molecule has 0 aromatic heterocycles. The normalized spacial score (nSPS) is 17.1. The molecule has 0 saturated carbocycles. The number of carbonyl (C=O) groups excluding carboxylic acids is 1. The Morgan fingerprint density at radius 2 is 1.57 bits per heavy atom. The predicted octanol–water partition coefficient (Wildman–Crippen LogP) is -2.89. The van der Waals surface area contributed by atoms with Gasteiger partial charge in [0.05, 0.1) is 12.7 Å². The second-order valence-electron chi connectivity index (χ2n) is 2.74. The van der Waals surface area contributed by atoms with Crippen molar-refractivity contribution in [3.05, 3.63) is 0 Å². The van der Waals surface area contributed by atoms with Gasteiger partial charge in [0.25, 0.3) is 0 Å². The standard InChI is InChI=1S/C7H12O7/c8-2-5(11)6(12)3(9)1-4(10)7(13)14/h3,5-6,8-9,11-12H,1-2H2,(H,13,14)/t3-,5-,6+/m0/s1. The van der Waals surface area contributed by atoms with Crippen molar-refractivity contribution >= 4 is 11.8 Å². The van der Waals surface area contributed by atoms with Crippen LogP contribution in [-0.4, -0.2) is 62.2 Å². The lowest BCUT2D eigenvalue weighted by Crippen LogP contribution is -2.41. The average Bonchev–Trinajstić information content (AvgIpc) is 2.14. The van der Waals surface area contributed by atoms with E-state index in [1.807, 2.05) is 0 Å². The molecule has 5 N–H and O–H groups in total. The van der Waals surface area contributed by atoms with Gasteiger partial charge in [0.1, 0.15) is 12.2 Å². The molecular formula is C7H12O7. The number of aliphatic hydroxyl groups is 4. The van der Waals surface area contributed by atoms with E-state index in [1.54, 1.807) is 0 Å². The molecule has 0 aliphatic rings. The van der Waals surface area contributed by atoms with E-state index in [-0.39, 0.29) is 0 Å². The molecule has 7 nitrogen and oxygen atoms in total. The number of hydrogen-bond donors (Lipinski definition) is 5. The molecule has 0 unspecified atom stereocenters. The zero-order chi connectivity index (χ0) is 11.3. The number of hydrogen-bond acceptors (Lipinski definition) is 6. The maximum absolute atomic E-state index is 10.6. The van der Waals surface area contributed by atoms with Crippen LogP contribution in [0.1, 0.15) is 6.42 Å². The van der Waals surface area contributed by atoms with Crippen LogP contribution in [-0.2, 0) is 9.59 Å². The number of aliphatic carboxylic acids is 1. The van der Waals surface area contributed by atoms with Gasteiger partial charge in [0.2, 0.25) is 5.78 Å². The van der Waals surface area contributed by atoms with Gasteiger partial charge in [-0.05, 0) is 0 Å². The number of aliphatic hydroxyl groups excluding tert-OH is 4. The number of carbonyl (C=O) groups is 2. The molecule has 0 aliphatic carbocycles. The first kappa shape index (κ1) is 13.0. The predicted molar refractivity (Wildman–Crippen MR) is 42.4 cm³/mol. The minimum atomic E-state index is -1.75. The average molecular weight is 208 g/mol. The summed E-state index contributed by atoms with van der Waals surface area (Å²) in [7, 11) is 0. The Morgan fingerprint density at radius 3 is 1.93 bits per heavy atom. The first-order valence-corrected chi connectivity index (χ1v) is 3.81. The van der Waals surface area contributed by atoms with Gasteiger partial charge in [0.15, 0.2) is 0 Å². The van der Waals surface area contributed by atoms with Crippen LogP contribution in [0.4, 0.5) is 0 Å². The summed E-state index contributed by atoms with van der Waals surface area (Å²) >= 11 is 0. The van der Waals surface area contributed by atoms with Crippen LogP contribution >= 0.6 is 0 Å². The van der Waals surface area contributed by atoms with Crippen molar-refractivity contribution in [3.63, 3.8) is 0 Å². The van der Waals surface area contributed by atoms with Gasteiger partial charge in [-0.25, -0.2) is 4.79 Å². The number of carboxylic acids is 1. The fourth-order valence-corrected chi connectivity index (χ4v) is 0.762. The van der Waals surface area contributed by atoms with Crippen molar-refractivity contribution in [2.75, 3.05) is 6.61 Å². The van der Waals surface area contributed by atoms with Gasteiger partial charge in [-0.1, -0.05) is 0 Å². The monoisotopic (exact) mass is 208 g/mol. The summed E-state index contributed by atoms with van der Waals surface area (Å²) in [5.41, 5.74) is 0. The second kappa shape index (κ2) is 5.66. The highest BCUT2D eigenvalue weighted by molar-refractivity contribution is 6.32. The minimum Gasteiger partial charge on any atom is -0.475 e. The molecule has 0 aromatic rings. The molecule has 0 spiro atoms. The minimum absolute atomic E-state index is 0.792. The van der Waals surface area contributed by atoms with Crippen LogP contribution < -0.4 is 0 Å². The molecule has 7 heteroatoms. The summed E-state index contributed by atoms with van der Waals surface area (Å²) in [6, 6.07) is 0. The SMILES string of the molecule is O=C(O)C(=O)C[C@H](O)[C@@H](O)[C@@H](O)CO. The van der Waals surface area contributed by atoms with E-state index >= 15 is 0 Å². The van der Waals surface area contributed by atoms with E-state index < -0.39 is 43.1 Å². The van der Waals surface area contributed by atoms with Crippen LogP contribution in [0.3, 0.4) is 0 Å². The van der Waals surface area contributed by atoms with Crippen molar-refractivity contribution < 1.29 is 35.1 Å². The fourth-order valence-electron chi connectivity index (χ4n) is 0.762. The molecule has 0 rings (SSSR count). The Morgan fingerprint density at radius 1 is 1.07 bits per heavy atom. The molecular weight excluding hydrogens is 196 g/mol. The summed E-state index contributed by atoms with van der Waals surface area (Å²) in [6.07, 6.45) is -5.87. The topological polar surface area (TPSA) is 135 Å². The Hall–Kier alpha value is -1.02. The molecule has 0 heterocycles. The van der Waals surface area contributed by atoms with Crippen LogP contribution in [0.2, 0.25) is 0 Å². The van der Waals surface area contributed by atoms with E-state index in [2.05, 4.69) is 0 Å². The number of rotatable bonds is 6. The van der Waals surface area contributed by atoms with Gasteiger partial charge in [-0.3, -0.25) is 4.79 Å². The number of Topliss-reactive ketones (excluding diaryl/α,β-unsaturated/α-hetero) is 1. The van der Waals surface area contributed by atoms with Gasteiger partial charge in [-0.2, -0.15) is 0 Å². The third-order valence-electron chi connectivity index (χ3n) is 1.61. The summed E-state index contributed by atoms with van der Waals surface area (Å²) in [5.74, 6) is -3.00. The summed E-state index contributed by atoms with van der Waals surface area (Å²) in [6.45, 7) is -0.792. The van der Waals surface area contributed by atoms with E-state index in [0.717, 1.165) is 0 Å².